The van der Waals surface area contributed by atoms with E-state index in [0.29, 0.717) is 11.8 Å². The molecule has 0 spiro atoms. The van der Waals surface area contributed by atoms with Crippen molar-refractivity contribution >= 4 is 0 Å². The molecule has 0 saturated carbocycles. The van der Waals surface area contributed by atoms with Crippen LogP contribution in [0, 0.1) is 11.8 Å². The van der Waals surface area contributed by atoms with Crippen LogP contribution in [-0.2, 0) is 0 Å². The Kier molecular flexibility index (Phi) is 4.31. The van der Waals surface area contributed by atoms with Crippen molar-refractivity contribution in [1.82, 2.24) is 0 Å². The largest absolute Gasteiger partial charge is 0.207 e. The van der Waals surface area contributed by atoms with Gasteiger partial charge < -0.3 is 0 Å². The molecule has 2 unspecified atom stereocenters. The van der Waals surface area contributed by atoms with Gasteiger partial charge in [0.15, 0.2) is 0 Å². The molecule has 0 radical (unpaired) electrons. The van der Waals surface area contributed by atoms with Crippen LogP contribution >= 0.6 is 0 Å². The minimum Gasteiger partial charge on any atom is -0.207 e. The first kappa shape index (κ1) is 12.2. The van der Waals surface area contributed by atoms with Gasteiger partial charge in [0.2, 0.25) is 0 Å². The average molecular weight is 208 g/mol. The van der Waals surface area contributed by atoms with Gasteiger partial charge in [-0.25, -0.2) is 4.39 Å². The summed E-state index contributed by atoms with van der Waals surface area (Å²) in [5.41, 5.74) is 2.11. The molecule has 0 aromatic rings. The molecule has 0 nitrogen and oxygen atoms in total. The highest BCUT2D eigenvalue weighted by molar-refractivity contribution is 5.38. The molecular weight excluding hydrogens is 187 g/mol. The van der Waals surface area contributed by atoms with Crippen molar-refractivity contribution < 1.29 is 4.39 Å². The summed E-state index contributed by atoms with van der Waals surface area (Å²) >= 11 is 0. The molecule has 1 aliphatic carbocycles. The fourth-order valence-electron chi connectivity index (χ4n) is 2.24. The zero-order valence-electron chi connectivity index (χ0n) is 10.0. The second kappa shape index (κ2) is 5.29. The Morgan fingerprint density at radius 3 is 2.73 bits per heavy atom. The maximum atomic E-state index is 13.3. The van der Waals surface area contributed by atoms with Gasteiger partial charge >= 0.3 is 0 Å². The van der Waals surface area contributed by atoms with Gasteiger partial charge in [0, 0.05) is 0 Å². The number of unbranched alkanes of at least 4 members (excludes halogenated alkanes) is 1. The van der Waals surface area contributed by atoms with Crippen LogP contribution in [0.25, 0.3) is 0 Å². The lowest BCUT2D eigenvalue weighted by molar-refractivity contribution is 0.422. The summed E-state index contributed by atoms with van der Waals surface area (Å²) in [6.07, 6.45) is 6.92. The van der Waals surface area contributed by atoms with Crippen molar-refractivity contribution in [2.75, 3.05) is 0 Å². The van der Waals surface area contributed by atoms with Gasteiger partial charge in [0.25, 0.3) is 0 Å². The van der Waals surface area contributed by atoms with Gasteiger partial charge in [-0.3, -0.25) is 0 Å². The molecule has 0 N–H and O–H groups in total. The Bertz CT molecular complexity index is 296. The molecule has 15 heavy (non-hydrogen) atoms. The monoisotopic (exact) mass is 208 g/mol. The van der Waals surface area contributed by atoms with E-state index in [1.54, 1.807) is 12.2 Å². The molecule has 1 rings (SSSR count). The third-order valence-corrected chi connectivity index (χ3v) is 3.11. The number of hydrogen-bond acceptors (Lipinski definition) is 0. The zero-order valence-corrected chi connectivity index (χ0v) is 10.0. The Labute approximate surface area is 92.6 Å². The summed E-state index contributed by atoms with van der Waals surface area (Å²) in [6.45, 7) is 10.2. The summed E-state index contributed by atoms with van der Waals surface area (Å²) < 4.78 is 13.3. The van der Waals surface area contributed by atoms with E-state index in [-0.39, 0.29) is 5.83 Å². The number of halogens is 1. The van der Waals surface area contributed by atoms with E-state index in [0.717, 1.165) is 17.6 Å². The van der Waals surface area contributed by atoms with Crippen LogP contribution in [0.15, 0.2) is 35.7 Å². The van der Waals surface area contributed by atoms with Crippen LogP contribution < -0.4 is 0 Å². The van der Waals surface area contributed by atoms with Gasteiger partial charge in [0.1, 0.15) is 5.83 Å². The van der Waals surface area contributed by atoms with E-state index in [1.807, 2.05) is 6.92 Å². The van der Waals surface area contributed by atoms with Crippen molar-refractivity contribution in [1.29, 1.82) is 0 Å². The Balaban J connectivity index is 2.84. The summed E-state index contributed by atoms with van der Waals surface area (Å²) in [7, 11) is 0. The third-order valence-electron chi connectivity index (χ3n) is 3.11. The molecule has 84 valence electrons. The van der Waals surface area contributed by atoms with Crippen molar-refractivity contribution in [2.45, 2.75) is 40.0 Å². The summed E-state index contributed by atoms with van der Waals surface area (Å²) in [4.78, 5) is 0. The van der Waals surface area contributed by atoms with Crippen LogP contribution in [-0.4, -0.2) is 0 Å². The van der Waals surface area contributed by atoms with E-state index in [1.165, 1.54) is 12.8 Å². The summed E-state index contributed by atoms with van der Waals surface area (Å²) in [6, 6.07) is 0. The lowest BCUT2D eigenvalue weighted by Crippen LogP contribution is -2.17. The Morgan fingerprint density at radius 2 is 2.20 bits per heavy atom. The standard InChI is InChI=1S/C14H21F/c1-5-6-7-13-11(4)8-12(15)9-14(13)10(2)3/h8-9,11,13H,2,5-7H2,1,3-4H3. The van der Waals surface area contributed by atoms with E-state index in [4.69, 9.17) is 0 Å². The second-order valence-corrected chi connectivity index (χ2v) is 4.54. The minimum absolute atomic E-state index is 0.103. The number of allylic oxidation sites excluding steroid dienone is 5. The smallest absolute Gasteiger partial charge is 0.119 e. The van der Waals surface area contributed by atoms with Crippen LogP contribution in [0.4, 0.5) is 4.39 Å². The number of hydrogen-bond donors (Lipinski definition) is 0. The first-order valence-corrected chi connectivity index (χ1v) is 5.81. The van der Waals surface area contributed by atoms with Crippen LogP contribution in [0.3, 0.4) is 0 Å². The average Bonchev–Trinajstić information content (AvgIpc) is 2.15. The molecule has 1 aliphatic rings. The molecule has 2 atom stereocenters. The molecule has 0 aliphatic heterocycles. The first-order chi connectivity index (χ1) is 7.06. The Morgan fingerprint density at radius 1 is 1.53 bits per heavy atom. The number of rotatable bonds is 4. The van der Waals surface area contributed by atoms with Gasteiger partial charge in [-0.15, -0.1) is 0 Å². The lowest BCUT2D eigenvalue weighted by atomic mass is 9.77. The maximum Gasteiger partial charge on any atom is 0.119 e. The topological polar surface area (TPSA) is 0 Å². The molecule has 0 heterocycles. The molecule has 0 aromatic carbocycles. The summed E-state index contributed by atoms with van der Waals surface area (Å²) in [5.74, 6) is 0.656. The fraction of sp³-hybridized carbons (Fsp3) is 0.571. The van der Waals surface area contributed by atoms with Gasteiger partial charge in [0.05, 0.1) is 0 Å². The molecule has 0 fully saturated rings. The zero-order chi connectivity index (χ0) is 11.4. The predicted molar refractivity (Wildman–Crippen MR) is 64.3 cm³/mol. The molecule has 0 bridgehead atoms. The van der Waals surface area contributed by atoms with E-state index in [2.05, 4.69) is 20.4 Å². The van der Waals surface area contributed by atoms with Gasteiger partial charge in [-0.05, 0) is 42.9 Å². The van der Waals surface area contributed by atoms with Gasteiger partial charge in [-0.2, -0.15) is 0 Å². The van der Waals surface area contributed by atoms with E-state index >= 15 is 0 Å². The first-order valence-electron chi connectivity index (χ1n) is 5.81. The summed E-state index contributed by atoms with van der Waals surface area (Å²) in [5, 5.41) is 0. The third kappa shape index (κ3) is 3.05. The quantitative estimate of drug-likeness (QED) is 0.622. The predicted octanol–water partition coefficient (Wildman–Crippen LogP) is 4.80. The van der Waals surface area contributed by atoms with Crippen LogP contribution in [0.1, 0.15) is 40.0 Å². The van der Waals surface area contributed by atoms with Crippen molar-refractivity contribution in [2.24, 2.45) is 11.8 Å². The molecule has 0 aromatic heterocycles. The van der Waals surface area contributed by atoms with Crippen molar-refractivity contribution in [3.05, 3.63) is 35.7 Å². The van der Waals surface area contributed by atoms with Crippen LogP contribution in [0.2, 0.25) is 0 Å². The van der Waals surface area contributed by atoms with E-state index < -0.39 is 0 Å². The molecule has 0 amide bonds. The second-order valence-electron chi connectivity index (χ2n) is 4.54. The fourth-order valence-corrected chi connectivity index (χ4v) is 2.24. The van der Waals surface area contributed by atoms with Crippen molar-refractivity contribution in [3.63, 3.8) is 0 Å². The molecular formula is C14H21F. The minimum atomic E-state index is -0.103. The van der Waals surface area contributed by atoms with E-state index in [9.17, 15) is 4.39 Å². The van der Waals surface area contributed by atoms with Gasteiger partial charge in [-0.1, -0.05) is 38.8 Å². The SMILES string of the molecule is C=C(C)C1=CC(F)=CC(C)C1CCCC. The van der Waals surface area contributed by atoms with Crippen LogP contribution in [0.5, 0.6) is 0 Å². The Hall–Kier alpha value is -0.850. The maximum absolute atomic E-state index is 13.3. The molecule has 1 heteroatoms. The van der Waals surface area contributed by atoms with Crippen molar-refractivity contribution in [3.8, 4) is 0 Å². The molecule has 0 saturated heterocycles. The highest BCUT2D eigenvalue weighted by atomic mass is 19.1. The highest BCUT2D eigenvalue weighted by Gasteiger charge is 2.24. The highest BCUT2D eigenvalue weighted by Crippen LogP contribution is 2.36. The lowest BCUT2D eigenvalue weighted by Gasteiger charge is -2.28. The normalized spacial score (nSPS) is 25.9.